The topological polar surface area (TPSA) is 42.2 Å². The summed E-state index contributed by atoms with van der Waals surface area (Å²) in [6.07, 6.45) is 1.81. The molecule has 2 aromatic carbocycles. The Kier molecular flexibility index (Phi) is 3.03. The Morgan fingerprint density at radius 3 is 2.65 bits per heavy atom. The first-order chi connectivity index (χ1) is 9.66. The van der Waals surface area contributed by atoms with Crippen molar-refractivity contribution in [3.63, 3.8) is 0 Å². The average molecular weight is 263 g/mol. The molecule has 100 valence electrons. The third-order valence-electron chi connectivity index (χ3n) is 3.53. The molecule has 0 aliphatic heterocycles. The van der Waals surface area contributed by atoms with E-state index in [1.54, 1.807) is 6.20 Å². The lowest BCUT2D eigenvalue weighted by molar-refractivity contribution is 1.20. The van der Waals surface area contributed by atoms with E-state index in [1.165, 1.54) is 5.56 Å². The molecule has 1 heterocycles. The standard InChI is InChI=1S/C17H17N3/c1-12-5-3-6-13(11-12)20(2)16-9-10-19-17-14(16)7-4-8-15(17)18/h3-11H,18H2,1-2H3. The van der Waals surface area contributed by atoms with E-state index in [1.807, 2.05) is 18.2 Å². The van der Waals surface area contributed by atoms with Crippen molar-refractivity contribution < 1.29 is 0 Å². The summed E-state index contributed by atoms with van der Waals surface area (Å²) in [4.78, 5) is 6.55. The van der Waals surface area contributed by atoms with Gasteiger partial charge in [-0.3, -0.25) is 4.98 Å². The Morgan fingerprint density at radius 2 is 1.85 bits per heavy atom. The van der Waals surface area contributed by atoms with Crippen molar-refractivity contribution in [2.75, 3.05) is 17.7 Å². The normalized spacial score (nSPS) is 10.7. The van der Waals surface area contributed by atoms with E-state index in [0.717, 1.165) is 22.3 Å². The van der Waals surface area contributed by atoms with Gasteiger partial charge in [0.15, 0.2) is 0 Å². The molecule has 0 saturated heterocycles. The van der Waals surface area contributed by atoms with Gasteiger partial charge in [-0.1, -0.05) is 24.3 Å². The summed E-state index contributed by atoms with van der Waals surface area (Å²) in [6, 6.07) is 16.4. The average Bonchev–Trinajstić information content (AvgIpc) is 2.46. The van der Waals surface area contributed by atoms with Crippen molar-refractivity contribution in [3.05, 3.63) is 60.3 Å². The quantitative estimate of drug-likeness (QED) is 0.713. The number of hydrogen-bond donors (Lipinski definition) is 1. The molecule has 0 radical (unpaired) electrons. The first kappa shape index (κ1) is 12.5. The fourth-order valence-corrected chi connectivity index (χ4v) is 2.45. The van der Waals surface area contributed by atoms with Crippen LogP contribution in [0.1, 0.15) is 5.56 Å². The number of hydrogen-bond acceptors (Lipinski definition) is 3. The molecule has 2 N–H and O–H groups in total. The van der Waals surface area contributed by atoms with Crippen LogP contribution in [0.2, 0.25) is 0 Å². The third-order valence-corrected chi connectivity index (χ3v) is 3.53. The summed E-state index contributed by atoms with van der Waals surface area (Å²) >= 11 is 0. The van der Waals surface area contributed by atoms with Crippen molar-refractivity contribution in [2.24, 2.45) is 0 Å². The van der Waals surface area contributed by atoms with Gasteiger partial charge in [0.25, 0.3) is 0 Å². The zero-order valence-corrected chi connectivity index (χ0v) is 11.7. The van der Waals surface area contributed by atoms with Crippen LogP contribution in [-0.4, -0.2) is 12.0 Å². The number of anilines is 3. The van der Waals surface area contributed by atoms with Crippen molar-refractivity contribution in [2.45, 2.75) is 6.92 Å². The van der Waals surface area contributed by atoms with Gasteiger partial charge in [0.2, 0.25) is 0 Å². The SMILES string of the molecule is Cc1cccc(N(C)c2ccnc3c(N)cccc23)c1. The molecule has 0 atom stereocenters. The summed E-state index contributed by atoms with van der Waals surface area (Å²) in [5.41, 5.74) is 11.1. The summed E-state index contributed by atoms with van der Waals surface area (Å²) in [6.45, 7) is 2.10. The Morgan fingerprint density at radius 1 is 1.05 bits per heavy atom. The molecule has 3 rings (SSSR count). The van der Waals surface area contributed by atoms with Gasteiger partial charge in [-0.25, -0.2) is 0 Å². The van der Waals surface area contributed by atoms with Crippen LogP contribution in [0.15, 0.2) is 54.7 Å². The van der Waals surface area contributed by atoms with Crippen molar-refractivity contribution in [3.8, 4) is 0 Å². The largest absolute Gasteiger partial charge is 0.397 e. The molecule has 0 aliphatic rings. The van der Waals surface area contributed by atoms with Gasteiger partial charge < -0.3 is 10.6 Å². The van der Waals surface area contributed by atoms with E-state index in [4.69, 9.17) is 5.73 Å². The van der Waals surface area contributed by atoms with E-state index in [2.05, 4.69) is 54.2 Å². The van der Waals surface area contributed by atoms with Crippen LogP contribution in [0.5, 0.6) is 0 Å². The van der Waals surface area contributed by atoms with Gasteiger partial charge in [-0.05, 0) is 36.8 Å². The number of nitrogens with zero attached hydrogens (tertiary/aromatic N) is 2. The highest BCUT2D eigenvalue weighted by Crippen LogP contribution is 2.32. The summed E-state index contributed by atoms with van der Waals surface area (Å²) in [5.74, 6) is 0. The maximum Gasteiger partial charge on any atom is 0.0952 e. The monoisotopic (exact) mass is 263 g/mol. The molecule has 3 nitrogen and oxygen atoms in total. The Bertz CT molecular complexity index is 765. The van der Waals surface area contributed by atoms with E-state index < -0.39 is 0 Å². The van der Waals surface area contributed by atoms with Gasteiger partial charge in [0.05, 0.1) is 16.9 Å². The minimum Gasteiger partial charge on any atom is -0.397 e. The molecule has 3 aromatic rings. The molecular formula is C17H17N3. The number of nitrogens with two attached hydrogens (primary N) is 1. The van der Waals surface area contributed by atoms with Crippen molar-refractivity contribution in [1.29, 1.82) is 0 Å². The number of fused-ring (bicyclic) bond motifs is 1. The number of para-hydroxylation sites is 1. The fraction of sp³-hybridized carbons (Fsp3) is 0.118. The van der Waals surface area contributed by atoms with Crippen LogP contribution >= 0.6 is 0 Å². The molecule has 0 unspecified atom stereocenters. The molecule has 0 saturated carbocycles. The minimum atomic E-state index is 0.710. The van der Waals surface area contributed by atoms with E-state index >= 15 is 0 Å². The molecule has 0 bridgehead atoms. The molecular weight excluding hydrogens is 246 g/mol. The second-order valence-corrected chi connectivity index (χ2v) is 4.97. The zero-order chi connectivity index (χ0) is 14.1. The molecule has 0 amide bonds. The molecule has 0 fully saturated rings. The smallest absolute Gasteiger partial charge is 0.0952 e. The van der Waals surface area contributed by atoms with Gasteiger partial charge in [-0.2, -0.15) is 0 Å². The second kappa shape index (κ2) is 4.85. The summed E-state index contributed by atoms with van der Waals surface area (Å²) < 4.78 is 0. The second-order valence-electron chi connectivity index (χ2n) is 4.97. The number of aromatic nitrogens is 1. The van der Waals surface area contributed by atoms with Crippen LogP contribution < -0.4 is 10.6 Å². The Balaban J connectivity index is 2.17. The fourth-order valence-electron chi connectivity index (χ4n) is 2.45. The molecule has 0 spiro atoms. The van der Waals surface area contributed by atoms with E-state index in [-0.39, 0.29) is 0 Å². The minimum absolute atomic E-state index is 0.710. The van der Waals surface area contributed by atoms with E-state index in [9.17, 15) is 0 Å². The molecule has 0 aliphatic carbocycles. The highest BCUT2D eigenvalue weighted by Gasteiger charge is 2.10. The maximum atomic E-state index is 6.01. The maximum absolute atomic E-state index is 6.01. The number of rotatable bonds is 2. The van der Waals surface area contributed by atoms with Crippen molar-refractivity contribution >= 4 is 28.0 Å². The Hall–Kier alpha value is -2.55. The number of pyridine rings is 1. The third kappa shape index (κ3) is 2.07. The van der Waals surface area contributed by atoms with Gasteiger partial charge in [-0.15, -0.1) is 0 Å². The predicted octanol–water partition coefficient (Wildman–Crippen LogP) is 3.89. The van der Waals surface area contributed by atoms with Crippen LogP contribution in [0.25, 0.3) is 10.9 Å². The molecule has 1 aromatic heterocycles. The van der Waals surface area contributed by atoms with Crippen LogP contribution in [0.3, 0.4) is 0 Å². The zero-order valence-electron chi connectivity index (χ0n) is 11.7. The van der Waals surface area contributed by atoms with Gasteiger partial charge >= 0.3 is 0 Å². The molecule has 3 heteroatoms. The number of benzene rings is 2. The predicted molar refractivity (Wildman–Crippen MR) is 85.4 cm³/mol. The molecule has 20 heavy (non-hydrogen) atoms. The lowest BCUT2D eigenvalue weighted by Crippen LogP contribution is -2.10. The highest BCUT2D eigenvalue weighted by molar-refractivity contribution is 5.99. The van der Waals surface area contributed by atoms with Crippen LogP contribution in [0, 0.1) is 6.92 Å². The van der Waals surface area contributed by atoms with Gasteiger partial charge in [0.1, 0.15) is 0 Å². The summed E-state index contributed by atoms with van der Waals surface area (Å²) in [5, 5.41) is 1.07. The lowest BCUT2D eigenvalue weighted by atomic mass is 10.1. The first-order valence-corrected chi connectivity index (χ1v) is 6.60. The van der Waals surface area contributed by atoms with E-state index in [0.29, 0.717) is 5.69 Å². The van der Waals surface area contributed by atoms with Crippen molar-refractivity contribution in [1.82, 2.24) is 4.98 Å². The van der Waals surface area contributed by atoms with Crippen LogP contribution in [-0.2, 0) is 0 Å². The Labute approximate surface area is 118 Å². The van der Waals surface area contributed by atoms with Gasteiger partial charge in [0, 0.05) is 24.3 Å². The number of aryl methyl sites for hydroxylation is 1. The highest BCUT2D eigenvalue weighted by atomic mass is 15.1. The first-order valence-electron chi connectivity index (χ1n) is 6.60. The number of nitrogen functional groups attached to an aromatic ring is 1. The van der Waals surface area contributed by atoms with Crippen LogP contribution in [0.4, 0.5) is 17.1 Å². The summed E-state index contributed by atoms with van der Waals surface area (Å²) in [7, 11) is 2.06. The lowest BCUT2D eigenvalue weighted by Gasteiger charge is -2.21.